The number of alkyl halides is 1. The van der Waals surface area contributed by atoms with Crippen molar-refractivity contribution in [2.75, 3.05) is 18.7 Å². The monoisotopic (exact) mass is 291 g/mol. The van der Waals surface area contributed by atoms with E-state index in [1.54, 1.807) is 13.2 Å². The number of halogens is 1. The summed E-state index contributed by atoms with van der Waals surface area (Å²) < 4.78 is 30.9. The fourth-order valence-corrected chi connectivity index (χ4v) is 2.74. The quantitative estimate of drug-likeness (QED) is 0.590. The van der Waals surface area contributed by atoms with Crippen molar-refractivity contribution < 1.29 is 13.2 Å². The standard InChI is InChI=1S/C12H18ClNO3S/c1-17-12-6-4-5-11(9-12)10-14-18(15,16)8-3-2-7-13/h4-6,9,14H,2-3,7-8,10H2,1H3. The molecule has 0 saturated carbocycles. The zero-order valence-electron chi connectivity index (χ0n) is 10.4. The van der Waals surface area contributed by atoms with Crippen LogP contribution >= 0.6 is 11.6 Å². The zero-order chi connectivity index (χ0) is 13.4. The van der Waals surface area contributed by atoms with Crippen LogP contribution in [0.3, 0.4) is 0 Å². The van der Waals surface area contributed by atoms with Crippen LogP contribution < -0.4 is 9.46 Å². The molecule has 0 amide bonds. The molecule has 0 bridgehead atoms. The topological polar surface area (TPSA) is 55.4 Å². The minimum atomic E-state index is -3.22. The lowest BCUT2D eigenvalue weighted by Gasteiger charge is -2.07. The van der Waals surface area contributed by atoms with E-state index in [0.717, 1.165) is 5.56 Å². The Hall–Kier alpha value is -0.780. The number of nitrogens with one attached hydrogen (secondary N) is 1. The third kappa shape index (κ3) is 5.71. The molecule has 0 radical (unpaired) electrons. The van der Waals surface area contributed by atoms with E-state index >= 15 is 0 Å². The maximum absolute atomic E-state index is 11.6. The third-order valence-corrected chi connectivity index (χ3v) is 4.10. The lowest BCUT2D eigenvalue weighted by molar-refractivity contribution is 0.414. The average molecular weight is 292 g/mol. The first kappa shape index (κ1) is 15.3. The lowest BCUT2D eigenvalue weighted by atomic mass is 10.2. The van der Waals surface area contributed by atoms with Gasteiger partial charge in [-0.1, -0.05) is 12.1 Å². The number of benzene rings is 1. The van der Waals surface area contributed by atoms with Crippen molar-refractivity contribution in [3.8, 4) is 5.75 Å². The van der Waals surface area contributed by atoms with Gasteiger partial charge in [0.05, 0.1) is 12.9 Å². The van der Waals surface area contributed by atoms with Crippen molar-refractivity contribution in [3.05, 3.63) is 29.8 Å². The molecule has 0 aliphatic heterocycles. The van der Waals surface area contributed by atoms with E-state index in [4.69, 9.17) is 16.3 Å². The molecule has 0 atom stereocenters. The van der Waals surface area contributed by atoms with Gasteiger partial charge in [0.25, 0.3) is 0 Å². The third-order valence-electron chi connectivity index (χ3n) is 2.43. The molecule has 4 nitrogen and oxygen atoms in total. The first-order chi connectivity index (χ1) is 8.57. The number of sulfonamides is 1. The van der Waals surface area contributed by atoms with Crippen LogP contribution in [0.15, 0.2) is 24.3 Å². The summed E-state index contributed by atoms with van der Waals surface area (Å²) in [6, 6.07) is 7.31. The number of methoxy groups -OCH3 is 1. The molecule has 1 N–H and O–H groups in total. The summed E-state index contributed by atoms with van der Waals surface area (Å²) in [7, 11) is -1.64. The van der Waals surface area contributed by atoms with E-state index in [2.05, 4.69) is 4.72 Å². The Kier molecular flexibility index (Phi) is 6.46. The smallest absolute Gasteiger partial charge is 0.211 e. The number of hydrogen-bond acceptors (Lipinski definition) is 3. The first-order valence-electron chi connectivity index (χ1n) is 5.73. The van der Waals surface area contributed by atoms with E-state index in [9.17, 15) is 8.42 Å². The Bertz CT molecular complexity index is 462. The van der Waals surface area contributed by atoms with Crippen LogP contribution in [0.5, 0.6) is 5.75 Å². The molecule has 0 saturated heterocycles. The lowest BCUT2D eigenvalue weighted by Crippen LogP contribution is -2.26. The zero-order valence-corrected chi connectivity index (χ0v) is 11.9. The molecule has 0 heterocycles. The highest BCUT2D eigenvalue weighted by atomic mass is 35.5. The molecule has 18 heavy (non-hydrogen) atoms. The molecule has 1 aromatic rings. The maximum Gasteiger partial charge on any atom is 0.211 e. The van der Waals surface area contributed by atoms with Crippen LogP contribution in [0.4, 0.5) is 0 Å². The van der Waals surface area contributed by atoms with Crippen molar-refractivity contribution in [2.24, 2.45) is 0 Å². The Labute approximate surface area is 113 Å². The van der Waals surface area contributed by atoms with Gasteiger partial charge in [-0.3, -0.25) is 0 Å². The first-order valence-corrected chi connectivity index (χ1v) is 7.92. The summed E-state index contributed by atoms with van der Waals surface area (Å²) >= 11 is 5.51. The fraction of sp³-hybridized carbons (Fsp3) is 0.500. The van der Waals surface area contributed by atoms with Gasteiger partial charge < -0.3 is 4.74 Å². The van der Waals surface area contributed by atoms with Gasteiger partial charge in [0.1, 0.15) is 5.75 Å². The van der Waals surface area contributed by atoms with Gasteiger partial charge in [-0.25, -0.2) is 13.1 Å². The van der Waals surface area contributed by atoms with E-state index in [1.165, 1.54) is 0 Å². The van der Waals surface area contributed by atoms with E-state index < -0.39 is 10.0 Å². The fourth-order valence-electron chi connectivity index (χ4n) is 1.43. The molecule has 0 unspecified atom stereocenters. The highest BCUT2D eigenvalue weighted by molar-refractivity contribution is 7.89. The van der Waals surface area contributed by atoms with Gasteiger partial charge in [-0.15, -0.1) is 11.6 Å². The molecule has 0 aliphatic carbocycles. The highest BCUT2D eigenvalue weighted by Crippen LogP contribution is 2.12. The van der Waals surface area contributed by atoms with Crippen LogP contribution in [0, 0.1) is 0 Å². The average Bonchev–Trinajstić information content (AvgIpc) is 2.37. The maximum atomic E-state index is 11.6. The molecule has 1 rings (SSSR count). The summed E-state index contributed by atoms with van der Waals surface area (Å²) in [5.41, 5.74) is 0.871. The second-order valence-corrected chi connectivity index (χ2v) is 6.19. The number of hydrogen-bond donors (Lipinski definition) is 1. The van der Waals surface area contributed by atoms with Crippen LogP contribution in [0.25, 0.3) is 0 Å². The normalized spacial score (nSPS) is 11.4. The van der Waals surface area contributed by atoms with Gasteiger partial charge in [-0.2, -0.15) is 0 Å². The van der Waals surface area contributed by atoms with Gasteiger partial charge in [0, 0.05) is 12.4 Å². The largest absolute Gasteiger partial charge is 0.497 e. The molecule has 0 fully saturated rings. The van der Waals surface area contributed by atoms with E-state index in [1.807, 2.05) is 18.2 Å². The highest BCUT2D eigenvalue weighted by Gasteiger charge is 2.09. The molecule has 102 valence electrons. The second-order valence-electron chi connectivity index (χ2n) is 3.89. The Balaban J connectivity index is 2.48. The molecular weight excluding hydrogens is 274 g/mol. The number of unbranched alkanes of at least 4 members (excludes halogenated alkanes) is 1. The molecule has 1 aromatic carbocycles. The Morgan fingerprint density at radius 1 is 1.33 bits per heavy atom. The van der Waals surface area contributed by atoms with Crippen molar-refractivity contribution in [2.45, 2.75) is 19.4 Å². The van der Waals surface area contributed by atoms with Crippen LogP contribution in [0.2, 0.25) is 0 Å². The molecule has 0 aromatic heterocycles. The summed E-state index contributed by atoms with van der Waals surface area (Å²) in [6.45, 7) is 0.278. The molecule has 0 spiro atoms. The second kappa shape index (κ2) is 7.61. The molecule has 0 aliphatic rings. The number of rotatable bonds is 8. The number of ether oxygens (including phenoxy) is 1. The molecule has 6 heteroatoms. The van der Waals surface area contributed by atoms with Crippen LogP contribution in [-0.2, 0) is 16.6 Å². The van der Waals surface area contributed by atoms with Crippen molar-refractivity contribution >= 4 is 21.6 Å². The van der Waals surface area contributed by atoms with Crippen LogP contribution in [-0.4, -0.2) is 27.2 Å². The summed E-state index contributed by atoms with van der Waals surface area (Å²) in [4.78, 5) is 0. The van der Waals surface area contributed by atoms with Gasteiger partial charge in [0.15, 0.2) is 0 Å². The summed E-state index contributed by atoms with van der Waals surface area (Å²) in [6.07, 6.45) is 1.29. The Morgan fingerprint density at radius 2 is 2.11 bits per heavy atom. The van der Waals surface area contributed by atoms with Crippen molar-refractivity contribution in [3.63, 3.8) is 0 Å². The Morgan fingerprint density at radius 3 is 2.78 bits per heavy atom. The van der Waals surface area contributed by atoms with E-state index in [0.29, 0.717) is 24.5 Å². The van der Waals surface area contributed by atoms with Gasteiger partial charge >= 0.3 is 0 Å². The van der Waals surface area contributed by atoms with Gasteiger partial charge in [0.2, 0.25) is 10.0 Å². The van der Waals surface area contributed by atoms with E-state index in [-0.39, 0.29) is 12.3 Å². The predicted molar refractivity (Wildman–Crippen MR) is 73.6 cm³/mol. The van der Waals surface area contributed by atoms with Gasteiger partial charge in [-0.05, 0) is 30.5 Å². The minimum Gasteiger partial charge on any atom is -0.497 e. The predicted octanol–water partition coefficient (Wildman–Crippen LogP) is 2.13. The minimum absolute atomic E-state index is 0.115. The van der Waals surface area contributed by atoms with Crippen molar-refractivity contribution in [1.29, 1.82) is 0 Å². The van der Waals surface area contributed by atoms with Crippen molar-refractivity contribution in [1.82, 2.24) is 4.72 Å². The summed E-state index contributed by atoms with van der Waals surface area (Å²) in [5, 5.41) is 0. The molecular formula is C12H18ClNO3S. The summed E-state index contributed by atoms with van der Waals surface area (Å²) in [5.74, 6) is 1.32. The van der Waals surface area contributed by atoms with Crippen LogP contribution in [0.1, 0.15) is 18.4 Å². The SMILES string of the molecule is COc1cccc(CNS(=O)(=O)CCCCCl)c1.